The Morgan fingerprint density at radius 2 is 2.50 bits per heavy atom. The maximum absolute atomic E-state index is 9.96. The summed E-state index contributed by atoms with van der Waals surface area (Å²) in [6.07, 6.45) is 4.33. The highest BCUT2D eigenvalue weighted by Gasteiger charge is 2.26. The van der Waals surface area contributed by atoms with Gasteiger partial charge in [-0.1, -0.05) is 0 Å². The Morgan fingerprint density at radius 1 is 1.64 bits per heavy atom. The van der Waals surface area contributed by atoms with Crippen LogP contribution >= 0.6 is 0 Å². The fraction of sp³-hybridized carbons (Fsp3) is 0.500. The molecule has 0 radical (unpaired) electrons. The van der Waals surface area contributed by atoms with E-state index in [0.717, 1.165) is 19.4 Å². The van der Waals surface area contributed by atoms with E-state index < -0.39 is 6.10 Å². The van der Waals surface area contributed by atoms with Crippen LogP contribution < -0.4 is 5.73 Å². The lowest BCUT2D eigenvalue weighted by Crippen LogP contribution is -2.18. The largest absolute Gasteiger partial charge is 0.398 e. The summed E-state index contributed by atoms with van der Waals surface area (Å²) in [6.45, 7) is 0.724. The van der Waals surface area contributed by atoms with Crippen molar-refractivity contribution in [3.8, 4) is 0 Å². The molecule has 2 rings (SSSR count). The van der Waals surface area contributed by atoms with Crippen molar-refractivity contribution in [3.05, 3.63) is 24.0 Å². The normalized spacial score (nSPS) is 23.6. The van der Waals surface area contributed by atoms with Gasteiger partial charge in [0.15, 0.2) is 0 Å². The Balaban J connectivity index is 2.17. The number of hydrogen-bond donors (Lipinski definition) is 2. The molecule has 1 aromatic rings. The molecule has 1 aliphatic rings. The summed E-state index contributed by atoms with van der Waals surface area (Å²) in [5, 5.41) is 9.96. The Bertz CT molecular complexity index is 311. The van der Waals surface area contributed by atoms with Crippen LogP contribution in [-0.4, -0.2) is 22.8 Å². The molecule has 0 aromatic carbocycles. The van der Waals surface area contributed by atoms with E-state index in [2.05, 4.69) is 4.98 Å². The van der Waals surface area contributed by atoms with Crippen LogP contribution in [-0.2, 0) is 4.74 Å². The van der Waals surface area contributed by atoms with Crippen LogP contribution in [0.15, 0.2) is 18.5 Å². The van der Waals surface area contributed by atoms with E-state index in [0.29, 0.717) is 11.3 Å². The second-order valence-corrected chi connectivity index (χ2v) is 3.50. The highest BCUT2D eigenvalue weighted by Crippen LogP contribution is 2.29. The molecule has 14 heavy (non-hydrogen) atoms. The lowest BCUT2D eigenvalue weighted by molar-refractivity contribution is -0.00237. The average Bonchev–Trinajstić information content (AvgIpc) is 2.70. The maximum Gasteiger partial charge on any atom is 0.109 e. The van der Waals surface area contributed by atoms with Crippen molar-refractivity contribution in [2.45, 2.75) is 25.0 Å². The number of aliphatic hydroxyl groups is 1. The number of ether oxygens (including phenoxy) is 1. The fourth-order valence-electron chi connectivity index (χ4n) is 1.72. The number of rotatable bonds is 2. The lowest BCUT2D eigenvalue weighted by Gasteiger charge is -2.18. The first-order chi connectivity index (χ1) is 6.79. The number of aromatic nitrogens is 1. The predicted octanol–water partition coefficient (Wildman–Crippen LogP) is 0.876. The van der Waals surface area contributed by atoms with Crippen LogP contribution in [0.1, 0.15) is 24.5 Å². The number of hydrogen-bond acceptors (Lipinski definition) is 4. The van der Waals surface area contributed by atoms with Gasteiger partial charge in [0.25, 0.3) is 0 Å². The summed E-state index contributed by atoms with van der Waals surface area (Å²) in [6, 6.07) is 1.69. The number of anilines is 1. The zero-order valence-electron chi connectivity index (χ0n) is 7.89. The van der Waals surface area contributed by atoms with Crippen molar-refractivity contribution in [1.29, 1.82) is 0 Å². The minimum absolute atomic E-state index is 0.124. The van der Waals surface area contributed by atoms with Gasteiger partial charge in [-0.3, -0.25) is 4.98 Å². The first kappa shape index (κ1) is 9.43. The molecule has 1 aliphatic heterocycles. The number of pyridine rings is 1. The van der Waals surface area contributed by atoms with Crippen LogP contribution in [0.2, 0.25) is 0 Å². The van der Waals surface area contributed by atoms with Gasteiger partial charge in [0, 0.05) is 30.3 Å². The molecule has 1 aromatic heterocycles. The summed E-state index contributed by atoms with van der Waals surface area (Å²) < 4.78 is 5.39. The molecule has 2 atom stereocenters. The van der Waals surface area contributed by atoms with Crippen molar-refractivity contribution in [1.82, 2.24) is 4.98 Å². The van der Waals surface area contributed by atoms with Gasteiger partial charge in [-0.05, 0) is 18.9 Å². The molecule has 3 N–H and O–H groups in total. The average molecular weight is 194 g/mol. The Labute approximate surface area is 82.7 Å². The van der Waals surface area contributed by atoms with E-state index in [1.165, 1.54) is 0 Å². The van der Waals surface area contributed by atoms with Crippen LogP contribution in [0, 0.1) is 0 Å². The Morgan fingerprint density at radius 3 is 3.14 bits per heavy atom. The second-order valence-electron chi connectivity index (χ2n) is 3.50. The standard InChI is InChI=1S/C10H14N2O2/c11-8-3-4-12-6-7(8)10(13)9-2-1-5-14-9/h3-4,6,9-10,13H,1-2,5H2,(H2,11,12). The van der Waals surface area contributed by atoms with Crippen molar-refractivity contribution in [2.24, 2.45) is 0 Å². The minimum Gasteiger partial charge on any atom is -0.398 e. The van der Waals surface area contributed by atoms with Gasteiger partial charge < -0.3 is 15.6 Å². The number of nitrogens with two attached hydrogens (primary N) is 1. The third kappa shape index (κ3) is 1.71. The van der Waals surface area contributed by atoms with Crippen molar-refractivity contribution in [3.63, 3.8) is 0 Å². The van der Waals surface area contributed by atoms with Crippen molar-refractivity contribution in [2.75, 3.05) is 12.3 Å². The predicted molar refractivity (Wildman–Crippen MR) is 52.6 cm³/mol. The third-order valence-electron chi connectivity index (χ3n) is 2.52. The highest BCUT2D eigenvalue weighted by molar-refractivity contribution is 5.45. The van der Waals surface area contributed by atoms with Crippen molar-refractivity contribution < 1.29 is 9.84 Å². The molecule has 2 unspecified atom stereocenters. The summed E-state index contributed by atoms with van der Waals surface area (Å²) in [5.41, 5.74) is 6.97. The van der Waals surface area contributed by atoms with E-state index >= 15 is 0 Å². The first-order valence-corrected chi connectivity index (χ1v) is 4.78. The van der Waals surface area contributed by atoms with Crippen molar-refractivity contribution >= 4 is 5.69 Å². The SMILES string of the molecule is Nc1ccncc1C(O)C1CCCO1. The summed E-state index contributed by atoms with van der Waals surface area (Å²) in [5.74, 6) is 0. The van der Waals surface area contributed by atoms with Gasteiger partial charge in [0.05, 0.1) is 6.10 Å². The van der Waals surface area contributed by atoms with E-state index in [1.54, 1.807) is 18.5 Å². The Kier molecular flexibility index (Phi) is 2.65. The molecule has 4 heteroatoms. The van der Waals surface area contributed by atoms with Crippen LogP contribution in [0.3, 0.4) is 0 Å². The van der Waals surface area contributed by atoms with E-state index in [-0.39, 0.29) is 6.10 Å². The second kappa shape index (κ2) is 3.94. The molecule has 1 saturated heterocycles. The maximum atomic E-state index is 9.96. The third-order valence-corrected chi connectivity index (χ3v) is 2.52. The molecule has 0 bridgehead atoms. The van der Waals surface area contributed by atoms with Crippen LogP contribution in [0.25, 0.3) is 0 Å². The molecule has 1 fully saturated rings. The molecule has 0 amide bonds. The zero-order chi connectivity index (χ0) is 9.97. The van der Waals surface area contributed by atoms with E-state index in [1.807, 2.05) is 0 Å². The molecule has 2 heterocycles. The van der Waals surface area contributed by atoms with Crippen LogP contribution in [0.4, 0.5) is 5.69 Å². The van der Waals surface area contributed by atoms with E-state index in [4.69, 9.17) is 10.5 Å². The Hall–Kier alpha value is -1.13. The molecule has 4 nitrogen and oxygen atoms in total. The monoisotopic (exact) mass is 194 g/mol. The first-order valence-electron chi connectivity index (χ1n) is 4.78. The van der Waals surface area contributed by atoms with Gasteiger partial charge in [0.2, 0.25) is 0 Å². The number of aliphatic hydroxyl groups excluding tert-OH is 1. The number of nitrogens with zero attached hydrogens (tertiary/aromatic N) is 1. The summed E-state index contributed by atoms with van der Waals surface area (Å²) >= 11 is 0. The van der Waals surface area contributed by atoms with Gasteiger partial charge in [0.1, 0.15) is 6.10 Å². The minimum atomic E-state index is -0.647. The van der Waals surface area contributed by atoms with E-state index in [9.17, 15) is 5.11 Å². The lowest BCUT2D eigenvalue weighted by atomic mass is 10.0. The van der Waals surface area contributed by atoms with Gasteiger partial charge in [-0.2, -0.15) is 0 Å². The van der Waals surface area contributed by atoms with Gasteiger partial charge in [-0.15, -0.1) is 0 Å². The molecular weight excluding hydrogens is 180 g/mol. The summed E-state index contributed by atoms with van der Waals surface area (Å²) in [4.78, 5) is 3.94. The smallest absolute Gasteiger partial charge is 0.109 e. The zero-order valence-corrected chi connectivity index (χ0v) is 7.89. The molecule has 76 valence electrons. The number of nitrogen functional groups attached to an aromatic ring is 1. The van der Waals surface area contributed by atoms with Gasteiger partial charge in [-0.25, -0.2) is 0 Å². The molecule has 0 saturated carbocycles. The van der Waals surface area contributed by atoms with Crippen LogP contribution in [0.5, 0.6) is 0 Å². The fourth-order valence-corrected chi connectivity index (χ4v) is 1.72. The quantitative estimate of drug-likeness (QED) is 0.733. The summed E-state index contributed by atoms with van der Waals surface area (Å²) in [7, 11) is 0. The molecule has 0 aliphatic carbocycles. The topological polar surface area (TPSA) is 68.4 Å². The molecular formula is C10H14N2O2. The highest BCUT2D eigenvalue weighted by atomic mass is 16.5. The molecule has 0 spiro atoms. The van der Waals surface area contributed by atoms with Gasteiger partial charge >= 0.3 is 0 Å².